The summed E-state index contributed by atoms with van der Waals surface area (Å²) in [6.07, 6.45) is 0. The number of thiophene rings is 1. The van der Waals surface area contributed by atoms with Crippen molar-refractivity contribution in [2.75, 3.05) is 11.1 Å². The molecular weight excluding hydrogens is 493 g/mol. The van der Waals surface area contributed by atoms with Crippen molar-refractivity contribution in [2.24, 2.45) is 7.05 Å². The number of nitrogens with one attached hydrogen (secondary N) is 1. The molecule has 0 aliphatic rings. The van der Waals surface area contributed by atoms with E-state index in [1.807, 2.05) is 23.1 Å². The highest BCUT2D eigenvalue weighted by Crippen LogP contribution is 2.33. The van der Waals surface area contributed by atoms with Crippen LogP contribution in [0.3, 0.4) is 0 Å². The van der Waals surface area contributed by atoms with E-state index in [1.165, 1.54) is 33.5 Å². The average molecular weight is 510 g/mol. The molecule has 0 aliphatic carbocycles. The van der Waals surface area contributed by atoms with Gasteiger partial charge in [0.15, 0.2) is 16.1 Å². The van der Waals surface area contributed by atoms with Gasteiger partial charge in [0.1, 0.15) is 0 Å². The summed E-state index contributed by atoms with van der Waals surface area (Å²) in [5, 5.41) is 17.6. The first-order valence-electron chi connectivity index (χ1n) is 9.11. The van der Waals surface area contributed by atoms with Crippen LogP contribution < -0.4 is 5.32 Å². The van der Waals surface area contributed by atoms with Crippen molar-refractivity contribution in [2.45, 2.75) is 19.0 Å². The Morgan fingerprint density at radius 3 is 2.68 bits per heavy atom. The standard InChI is InChI=1S/C20H17Cl2N5OS3/c1-10-11(2)29-7-14(10)18-25-26-20(27(18)3)31-9-17(28)24-19-23-16(8-30-19)13-5-4-12(21)6-15(13)22/h4-8H,9H2,1-3H3,(H,23,24,28). The maximum Gasteiger partial charge on any atom is 0.236 e. The fraction of sp³-hybridized carbons (Fsp3) is 0.200. The van der Waals surface area contributed by atoms with Gasteiger partial charge in [-0.15, -0.1) is 32.9 Å². The third-order valence-electron chi connectivity index (χ3n) is 4.65. The van der Waals surface area contributed by atoms with Gasteiger partial charge in [-0.1, -0.05) is 35.0 Å². The van der Waals surface area contributed by atoms with Crippen molar-refractivity contribution >= 4 is 68.7 Å². The van der Waals surface area contributed by atoms with E-state index < -0.39 is 0 Å². The van der Waals surface area contributed by atoms with Crippen molar-refractivity contribution in [1.82, 2.24) is 19.7 Å². The molecule has 1 aromatic carbocycles. The molecule has 0 fully saturated rings. The number of halogens is 2. The Labute approximate surface area is 201 Å². The van der Waals surface area contributed by atoms with Gasteiger partial charge in [0.25, 0.3) is 0 Å². The molecule has 31 heavy (non-hydrogen) atoms. The number of nitrogens with zero attached hydrogens (tertiary/aromatic N) is 4. The minimum atomic E-state index is -0.166. The number of aromatic nitrogens is 4. The highest BCUT2D eigenvalue weighted by Gasteiger charge is 2.17. The number of thioether (sulfide) groups is 1. The molecule has 3 heterocycles. The summed E-state index contributed by atoms with van der Waals surface area (Å²) in [5.41, 5.74) is 3.73. The molecule has 3 aromatic heterocycles. The molecule has 1 amide bonds. The van der Waals surface area contributed by atoms with Crippen LogP contribution in [0.2, 0.25) is 10.0 Å². The number of hydrogen-bond acceptors (Lipinski definition) is 7. The maximum atomic E-state index is 12.4. The fourth-order valence-corrected chi connectivity index (χ4v) is 5.65. The Hall–Kier alpha value is -1.91. The molecule has 4 rings (SSSR count). The van der Waals surface area contributed by atoms with Crippen LogP contribution in [0, 0.1) is 13.8 Å². The van der Waals surface area contributed by atoms with E-state index in [2.05, 4.69) is 39.7 Å². The smallest absolute Gasteiger partial charge is 0.236 e. The first kappa shape index (κ1) is 22.3. The molecular formula is C20H17Cl2N5OS3. The molecule has 160 valence electrons. The van der Waals surface area contributed by atoms with Crippen LogP contribution in [0.5, 0.6) is 0 Å². The van der Waals surface area contributed by atoms with Crippen molar-refractivity contribution < 1.29 is 4.79 Å². The molecule has 0 saturated heterocycles. The van der Waals surface area contributed by atoms with Gasteiger partial charge in [-0.05, 0) is 37.6 Å². The molecule has 0 saturated carbocycles. The van der Waals surface area contributed by atoms with Gasteiger partial charge in [-0.2, -0.15) is 0 Å². The van der Waals surface area contributed by atoms with E-state index in [1.54, 1.807) is 23.5 Å². The Morgan fingerprint density at radius 2 is 1.97 bits per heavy atom. The fourth-order valence-electron chi connectivity index (χ4n) is 2.85. The number of amides is 1. The Bertz CT molecular complexity index is 1260. The highest BCUT2D eigenvalue weighted by molar-refractivity contribution is 7.99. The molecule has 11 heteroatoms. The van der Waals surface area contributed by atoms with E-state index >= 15 is 0 Å². The van der Waals surface area contributed by atoms with Crippen LogP contribution in [-0.4, -0.2) is 31.4 Å². The first-order valence-corrected chi connectivity index (χ1v) is 12.6. The quantitative estimate of drug-likeness (QED) is 0.307. The number of carbonyl (C=O) groups excluding carboxylic acids is 1. The molecule has 0 spiro atoms. The van der Waals surface area contributed by atoms with Crippen molar-refractivity contribution in [3.05, 3.63) is 49.4 Å². The SMILES string of the molecule is Cc1scc(-c2nnc(SCC(=O)Nc3nc(-c4ccc(Cl)cc4Cl)cs3)n2C)c1C. The topological polar surface area (TPSA) is 72.7 Å². The number of benzene rings is 1. The normalized spacial score (nSPS) is 11.1. The molecule has 0 bridgehead atoms. The first-order chi connectivity index (χ1) is 14.8. The van der Waals surface area contributed by atoms with Crippen LogP contribution in [0.25, 0.3) is 22.6 Å². The summed E-state index contributed by atoms with van der Waals surface area (Å²) in [6.45, 7) is 4.17. The number of carbonyl (C=O) groups is 1. The zero-order valence-electron chi connectivity index (χ0n) is 16.8. The Balaban J connectivity index is 1.39. The zero-order chi connectivity index (χ0) is 22.1. The van der Waals surface area contributed by atoms with Gasteiger partial charge in [-0.25, -0.2) is 4.98 Å². The number of hydrogen-bond donors (Lipinski definition) is 1. The Morgan fingerprint density at radius 1 is 1.16 bits per heavy atom. The van der Waals surface area contributed by atoms with Crippen molar-refractivity contribution in [3.8, 4) is 22.6 Å². The van der Waals surface area contributed by atoms with Crippen LogP contribution in [-0.2, 0) is 11.8 Å². The lowest BCUT2D eigenvalue weighted by Crippen LogP contribution is -2.14. The van der Waals surface area contributed by atoms with E-state index in [9.17, 15) is 4.79 Å². The van der Waals surface area contributed by atoms with Gasteiger partial charge in [0.2, 0.25) is 5.91 Å². The molecule has 0 unspecified atom stereocenters. The second-order valence-electron chi connectivity index (χ2n) is 6.69. The zero-order valence-corrected chi connectivity index (χ0v) is 20.7. The highest BCUT2D eigenvalue weighted by atomic mass is 35.5. The van der Waals surface area contributed by atoms with E-state index in [-0.39, 0.29) is 11.7 Å². The summed E-state index contributed by atoms with van der Waals surface area (Å²) >= 11 is 16.6. The minimum absolute atomic E-state index is 0.166. The van der Waals surface area contributed by atoms with Crippen molar-refractivity contribution in [3.63, 3.8) is 0 Å². The summed E-state index contributed by atoms with van der Waals surface area (Å²) in [7, 11) is 1.91. The van der Waals surface area contributed by atoms with Crippen molar-refractivity contribution in [1.29, 1.82) is 0 Å². The summed E-state index contributed by atoms with van der Waals surface area (Å²) < 4.78 is 1.91. The van der Waals surface area contributed by atoms with E-state index in [0.29, 0.717) is 26.0 Å². The second-order valence-corrected chi connectivity index (χ2v) is 10.4. The van der Waals surface area contributed by atoms with Crippen LogP contribution in [0.1, 0.15) is 10.4 Å². The summed E-state index contributed by atoms with van der Waals surface area (Å²) in [4.78, 5) is 18.1. The molecule has 0 atom stereocenters. The van der Waals surface area contributed by atoms with Crippen LogP contribution in [0.15, 0.2) is 34.1 Å². The lowest BCUT2D eigenvalue weighted by Gasteiger charge is -2.04. The third kappa shape index (κ3) is 4.80. The molecule has 1 N–H and O–H groups in total. The van der Waals surface area contributed by atoms with Gasteiger partial charge in [0.05, 0.1) is 16.5 Å². The lowest BCUT2D eigenvalue weighted by molar-refractivity contribution is -0.113. The predicted molar refractivity (Wildman–Crippen MR) is 131 cm³/mol. The Kier molecular flexibility index (Phi) is 6.68. The molecule has 6 nitrogen and oxygen atoms in total. The number of aryl methyl sites for hydroxylation is 1. The average Bonchev–Trinajstić information content (AvgIpc) is 3.41. The van der Waals surface area contributed by atoms with Crippen LogP contribution >= 0.6 is 57.6 Å². The van der Waals surface area contributed by atoms with Gasteiger partial charge in [-0.3, -0.25) is 4.79 Å². The number of rotatable bonds is 6. The van der Waals surface area contributed by atoms with E-state index in [4.69, 9.17) is 23.2 Å². The van der Waals surface area contributed by atoms with E-state index in [0.717, 1.165) is 17.0 Å². The van der Waals surface area contributed by atoms with Crippen LogP contribution in [0.4, 0.5) is 5.13 Å². The van der Waals surface area contributed by atoms with Gasteiger partial charge in [0, 0.05) is 38.8 Å². The summed E-state index contributed by atoms with van der Waals surface area (Å²) in [6, 6.07) is 5.23. The number of anilines is 1. The lowest BCUT2D eigenvalue weighted by atomic mass is 10.2. The number of thiazole rings is 1. The van der Waals surface area contributed by atoms with Gasteiger partial charge < -0.3 is 9.88 Å². The molecule has 0 radical (unpaired) electrons. The summed E-state index contributed by atoms with van der Waals surface area (Å²) in [5.74, 6) is 0.832. The van der Waals surface area contributed by atoms with Gasteiger partial charge >= 0.3 is 0 Å². The maximum absolute atomic E-state index is 12.4. The minimum Gasteiger partial charge on any atom is -0.305 e. The largest absolute Gasteiger partial charge is 0.305 e. The molecule has 4 aromatic rings. The predicted octanol–water partition coefficient (Wildman–Crippen LogP) is 6.32. The third-order valence-corrected chi connectivity index (χ3v) is 7.99. The molecule has 0 aliphatic heterocycles. The monoisotopic (exact) mass is 509 g/mol. The second kappa shape index (κ2) is 9.30.